The topological polar surface area (TPSA) is 78.9 Å². The van der Waals surface area contributed by atoms with Crippen LogP contribution in [0.3, 0.4) is 0 Å². The van der Waals surface area contributed by atoms with E-state index in [1.54, 1.807) is 13.1 Å². The minimum atomic E-state index is -1.00. The van der Waals surface area contributed by atoms with Crippen molar-refractivity contribution >= 4 is 11.9 Å². The van der Waals surface area contributed by atoms with Crippen LogP contribution in [0.1, 0.15) is 24.8 Å². The Balaban J connectivity index is 2.11. The third-order valence-electron chi connectivity index (χ3n) is 3.86. The molecule has 0 saturated carbocycles. The summed E-state index contributed by atoms with van der Waals surface area (Å²) in [6, 6.07) is 7.24. The normalized spacial score (nSPS) is 18.7. The molecule has 1 aliphatic rings. The molecular formula is C16H22N2O4. The number of carbonyl (C=O) groups is 2. The van der Waals surface area contributed by atoms with Gasteiger partial charge >= 0.3 is 5.97 Å². The largest absolute Gasteiger partial charge is 0.482 e. The molecule has 120 valence electrons. The number of rotatable bonds is 6. The first-order chi connectivity index (χ1) is 10.6. The lowest BCUT2D eigenvalue weighted by Gasteiger charge is -2.34. The Morgan fingerprint density at radius 1 is 1.36 bits per heavy atom. The van der Waals surface area contributed by atoms with Crippen molar-refractivity contribution in [2.75, 3.05) is 20.2 Å². The van der Waals surface area contributed by atoms with Gasteiger partial charge in [-0.2, -0.15) is 0 Å². The lowest BCUT2D eigenvalue weighted by Crippen LogP contribution is -2.48. The van der Waals surface area contributed by atoms with Crippen LogP contribution in [0, 0.1) is 0 Å². The molecule has 1 aromatic carbocycles. The van der Waals surface area contributed by atoms with E-state index >= 15 is 0 Å². The smallest absolute Gasteiger partial charge is 0.341 e. The number of amides is 1. The van der Waals surface area contributed by atoms with Crippen molar-refractivity contribution in [1.29, 1.82) is 0 Å². The van der Waals surface area contributed by atoms with E-state index in [9.17, 15) is 9.59 Å². The number of hydrogen-bond acceptors (Lipinski definition) is 4. The number of ether oxygens (including phenoxy) is 1. The van der Waals surface area contributed by atoms with Crippen molar-refractivity contribution in [3.63, 3.8) is 0 Å². The Labute approximate surface area is 130 Å². The van der Waals surface area contributed by atoms with Gasteiger partial charge < -0.3 is 15.2 Å². The number of hydrogen-bond donors (Lipinski definition) is 2. The van der Waals surface area contributed by atoms with Crippen LogP contribution in [0.4, 0.5) is 0 Å². The van der Waals surface area contributed by atoms with Gasteiger partial charge in [-0.3, -0.25) is 9.69 Å². The van der Waals surface area contributed by atoms with E-state index in [0.29, 0.717) is 12.3 Å². The van der Waals surface area contributed by atoms with Crippen molar-refractivity contribution in [1.82, 2.24) is 10.2 Å². The molecule has 1 amide bonds. The number of benzene rings is 1. The number of likely N-dealkylation sites (N-methyl/N-ethyl adjacent to an activating group) is 1. The summed E-state index contributed by atoms with van der Waals surface area (Å²) in [5.41, 5.74) is 0.902. The molecule has 0 radical (unpaired) electrons. The van der Waals surface area contributed by atoms with E-state index in [2.05, 4.69) is 10.2 Å². The highest BCUT2D eigenvalue weighted by Gasteiger charge is 2.28. The number of carboxylic acid groups (broad SMARTS) is 1. The lowest BCUT2D eigenvalue weighted by atomic mass is 10.0. The van der Waals surface area contributed by atoms with Gasteiger partial charge in [0.2, 0.25) is 5.91 Å². The Kier molecular flexibility index (Phi) is 5.77. The highest BCUT2D eigenvalue weighted by Crippen LogP contribution is 2.24. The summed E-state index contributed by atoms with van der Waals surface area (Å²) in [7, 11) is 1.65. The molecule has 0 aromatic heterocycles. The zero-order valence-corrected chi connectivity index (χ0v) is 12.7. The number of aliphatic carboxylic acids is 1. The van der Waals surface area contributed by atoms with Crippen molar-refractivity contribution in [2.45, 2.75) is 31.8 Å². The fourth-order valence-electron chi connectivity index (χ4n) is 2.78. The van der Waals surface area contributed by atoms with Gasteiger partial charge in [0.15, 0.2) is 6.61 Å². The van der Waals surface area contributed by atoms with E-state index in [1.165, 1.54) is 0 Å². The zero-order valence-electron chi connectivity index (χ0n) is 12.7. The Bertz CT molecular complexity index is 533. The zero-order chi connectivity index (χ0) is 15.9. The number of carboxylic acids is 1. The third kappa shape index (κ3) is 4.21. The van der Waals surface area contributed by atoms with Crippen molar-refractivity contribution in [3.05, 3.63) is 29.8 Å². The first-order valence-corrected chi connectivity index (χ1v) is 7.50. The van der Waals surface area contributed by atoms with Crippen LogP contribution < -0.4 is 10.1 Å². The summed E-state index contributed by atoms with van der Waals surface area (Å²) in [5.74, 6) is -0.411. The van der Waals surface area contributed by atoms with Crippen LogP contribution in [-0.2, 0) is 16.1 Å². The third-order valence-corrected chi connectivity index (χ3v) is 3.86. The van der Waals surface area contributed by atoms with Crippen LogP contribution in [0.2, 0.25) is 0 Å². The van der Waals surface area contributed by atoms with E-state index < -0.39 is 5.97 Å². The van der Waals surface area contributed by atoms with Crippen molar-refractivity contribution in [3.8, 4) is 5.75 Å². The van der Waals surface area contributed by atoms with Gasteiger partial charge in [-0.05, 0) is 25.5 Å². The van der Waals surface area contributed by atoms with Gasteiger partial charge in [0.1, 0.15) is 5.75 Å². The van der Waals surface area contributed by atoms with E-state index in [0.717, 1.165) is 31.4 Å². The predicted octanol–water partition coefficient (Wildman–Crippen LogP) is 1.25. The maximum Gasteiger partial charge on any atom is 0.341 e. The first kappa shape index (κ1) is 16.3. The van der Waals surface area contributed by atoms with Gasteiger partial charge in [0.05, 0.1) is 6.04 Å². The molecule has 6 nitrogen and oxygen atoms in total. The van der Waals surface area contributed by atoms with E-state index in [1.807, 2.05) is 18.2 Å². The molecule has 1 atom stereocenters. The molecule has 1 heterocycles. The Hall–Kier alpha value is -2.08. The van der Waals surface area contributed by atoms with Gasteiger partial charge in [0.25, 0.3) is 0 Å². The van der Waals surface area contributed by atoms with Crippen molar-refractivity contribution < 1.29 is 19.4 Å². The standard InChI is InChI=1S/C16H22N2O4/c1-17-16(21)13-7-4-5-9-18(13)10-12-6-2-3-8-14(12)22-11-15(19)20/h2-3,6,8,13H,4-5,7,9-11H2,1H3,(H,17,21)(H,19,20)/t13-/m0/s1. The molecular weight excluding hydrogens is 284 g/mol. The second kappa shape index (κ2) is 7.79. The minimum Gasteiger partial charge on any atom is -0.482 e. The van der Waals surface area contributed by atoms with Crippen molar-refractivity contribution in [2.24, 2.45) is 0 Å². The van der Waals surface area contributed by atoms with Gasteiger partial charge in [0, 0.05) is 19.2 Å². The van der Waals surface area contributed by atoms with Crippen LogP contribution in [0.15, 0.2) is 24.3 Å². The van der Waals surface area contributed by atoms with E-state index in [-0.39, 0.29) is 18.6 Å². The maximum absolute atomic E-state index is 12.0. The number of nitrogens with one attached hydrogen (secondary N) is 1. The molecule has 2 N–H and O–H groups in total. The summed E-state index contributed by atoms with van der Waals surface area (Å²) >= 11 is 0. The van der Waals surface area contributed by atoms with Gasteiger partial charge in [-0.15, -0.1) is 0 Å². The van der Waals surface area contributed by atoms with Crippen LogP contribution in [0.25, 0.3) is 0 Å². The minimum absolute atomic E-state index is 0.0311. The quantitative estimate of drug-likeness (QED) is 0.827. The van der Waals surface area contributed by atoms with Crippen LogP contribution >= 0.6 is 0 Å². The number of piperidine rings is 1. The molecule has 2 rings (SSSR count). The fourth-order valence-corrected chi connectivity index (χ4v) is 2.78. The molecule has 1 saturated heterocycles. The second-order valence-corrected chi connectivity index (χ2v) is 5.39. The second-order valence-electron chi connectivity index (χ2n) is 5.39. The molecule has 0 spiro atoms. The number of para-hydroxylation sites is 1. The number of likely N-dealkylation sites (tertiary alicyclic amines) is 1. The Morgan fingerprint density at radius 3 is 2.86 bits per heavy atom. The average molecular weight is 306 g/mol. The highest BCUT2D eigenvalue weighted by molar-refractivity contribution is 5.81. The summed E-state index contributed by atoms with van der Waals surface area (Å²) in [6.45, 7) is 1.06. The maximum atomic E-state index is 12.0. The predicted molar refractivity (Wildman–Crippen MR) is 81.7 cm³/mol. The van der Waals surface area contributed by atoms with Crippen LogP contribution in [0.5, 0.6) is 5.75 Å². The molecule has 0 unspecified atom stereocenters. The molecule has 22 heavy (non-hydrogen) atoms. The summed E-state index contributed by atoms with van der Waals surface area (Å²) in [5, 5.41) is 11.5. The SMILES string of the molecule is CNC(=O)[C@@H]1CCCCN1Cc1ccccc1OCC(=O)O. The average Bonchev–Trinajstić information content (AvgIpc) is 2.53. The molecule has 1 fully saturated rings. The molecule has 0 bridgehead atoms. The monoisotopic (exact) mass is 306 g/mol. The molecule has 1 aliphatic heterocycles. The van der Waals surface area contributed by atoms with Gasteiger partial charge in [-0.1, -0.05) is 24.6 Å². The first-order valence-electron chi connectivity index (χ1n) is 7.50. The fraction of sp³-hybridized carbons (Fsp3) is 0.500. The highest BCUT2D eigenvalue weighted by atomic mass is 16.5. The number of nitrogens with zero attached hydrogens (tertiary/aromatic N) is 1. The lowest BCUT2D eigenvalue weighted by molar-refractivity contribution is -0.139. The Morgan fingerprint density at radius 2 is 2.14 bits per heavy atom. The summed E-state index contributed by atoms with van der Waals surface area (Å²) < 4.78 is 5.34. The molecule has 1 aromatic rings. The summed E-state index contributed by atoms with van der Waals surface area (Å²) in [6.07, 6.45) is 2.95. The van der Waals surface area contributed by atoms with Crippen LogP contribution in [-0.4, -0.2) is 48.1 Å². The van der Waals surface area contributed by atoms with Gasteiger partial charge in [-0.25, -0.2) is 4.79 Å². The summed E-state index contributed by atoms with van der Waals surface area (Å²) in [4.78, 5) is 24.8. The molecule has 0 aliphatic carbocycles. The van der Waals surface area contributed by atoms with E-state index in [4.69, 9.17) is 9.84 Å². The molecule has 6 heteroatoms. The number of carbonyl (C=O) groups excluding carboxylic acids is 1.